The van der Waals surface area contributed by atoms with E-state index in [1.165, 1.54) is 44.3 Å². The first kappa shape index (κ1) is 9.21. The molecule has 0 nitrogen and oxygen atoms in total. The molecule has 2 fully saturated rings. The van der Waals surface area contributed by atoms with E-state index in [4.69, 9.17) is 11.6 Å². The molecule has 12 heavy (non-hydrogen) atoms. The van der Waals surface area contributed by atoms with Gasteiger partial charge >= 0.3 is 0 Å². The minimum absolute atomic E-state index is 0.573. The molecule has 0 aromatic heterocycles. The molecule has 0 N–H and O–H groups in total. The smallest absolute Gasteiger partial charge is 0.0280 e. The van der Waals surface area contributed by atoms with Gasteiger partial charge in [-0.1, -0.05) is 6.42 Å². The zero-order valence-corrected chi connectivity index (χ0v) is 9.09. The molecule has 0 aromatic carbocycles. The van der Waals surface area contributed by atoms with E-state index in [9.17, 15) is 0 Å². The average molecular weight is 205 g/mol. The van der Waals surface area contributed by atoms with Crippen molar-refractivity contribution in [1.29, 1.82) is 0 Å². The molecule has 0 aromatic rings. The molecular formula is C10H17ClS. The predicted molar refractivity (Wildman–Crippen MR) is 57.1 cm³/mol. The summed E-state index contributed by atoms with van der Waals surface area (Å²) in [5.74, 6) is 2.30. The summed E-state index contributed by atoms with van der Waals surface area (Å²) < 4.78 is 0. The lowest BCUT2D eigenvalue weighted by molar-refractivity contribution is 0.150. The fraction of sp³-hybridized carbons (Fsp3) is 1.00. The quantitative estimate of drug-likeness (QED) is 0.632. The van der Waals surface area contributed by atoms with Crippen LogP contribution in [0.5, 0.6) is 0 Å². The highest BCUT2D eigenvalue weighted by Gasteiger charge is 2.38. The summed E-state index contributed by atoms with van der Waals surface area (Å²) in [5.41, 5.74) is 0.573. The normalized spacial score (nSPS) is 33.2. The van der Waals surface area contributed by atoms with Crippen molar-refractivity contribution in [2.24, 2.45) is 5.41 Å². The van der Waals surface area contributed by atoms with Crippen LogP contribution >= 0.6 is 23.4 Å². The Balaban J connectivity index is 1.83. The summed E-state index contributed by atoms with van der Waals surface area (Å²) in [6.07, 6.45) is 8.50. The Bertz CT molecular complexity index is 142. The van der Waals surface area contributed by atoms with Gasteiger partial charge in [0.15, 0.2) is 0 Å². The van der Waals surface area contributed by atoms with Crippen molar-refractivity contribution in [2.75, 3.05) is 11.6 Å². The molecule has 2 rings (SSSR count). The Morgan fingerprint density at radius 1 is 1.33 bits per heavy atom. The van der Waals surface area contributed by atoms with Gasteiger partial charge < -0.3 is 0 Å². The van der Waals surface area contributed by atoms with Gasteiger partial charge in [-0.2, -0.15) is 11.8 Å². The van der Waals surface area contributed by atoms with Crippen LogP contribution < -0.4 is 0 Å². The minimum atomic E-state index is 0.573. The highest BCUT2D eigenvalue weighted by atomic mass is 35.5. The van der Waals surface area contributed by atoms with E-state index in [1.807, 2.05) is 0 Å². The fourth-order valence-corrected chi connectivity index (χ4v) is 4.21. The second-order valence-electron chi connectivity index (χ2n) is 4.33. The van der Waals surface area contributed by atoms with Crippen molar-refractivity contribution >= 4 is 23.4 Å². The number of hydrogen-bond donors (Lipinski definition) is 0. The van der Waals surface area contributed by atoms with Gasteiger partial charge in [0.25, 0.3) is 0 Å². The lowest BCUT2D eigenvalue weighted by Gasteiger charge is -2.42. The maximum Gasteiger partial charge on any atom is 0.0280 e. The topological polar surface area (TPSA) is 0 Å². The average Bonchev–Trinajstić information content (AvgIpc) is 2.49. The van der Waals surface area contributed by atoms with E-state index in [0.29, 0.717) is 5.41 Å². The third-order valence-corrected chi connectivity index (χ3v) is 5.35. The molecule has 0 bridgehead atoms. The monoisotopic (exact) mass is 204 g/mol. The largest absolute Gasteiger partial charge is 0.159 e. The maximum absolute atomic E-state index is 6.03. The van der Waals surface area contributed by atoms with Gasteiger partial charge in [-0.25, -0.2) is 0 Å². The highest BCUT2D eigenvalue weighted by Crippen LogP contribution is 2.49. The van der Waals surface area contributed by atoms with Crippen LogP contribution in [-0.4, -0.2) is 16.9 Å². The third-order valence-electron chi connectivity index (χ3n) is 3.38. The van der Waals surface area contributed by atoms with Crippen molar-refractivity contribution in [1.82, 2.24) is 0 Å². The lowest BCUT2D eigenvalue weighted by Crippen LogP contribution is -2.33. The van der Waals surface area contributed by atoms with Crippen molar-refractivity contribution in [2.45, 2.75) is 43.8 Å². The molecule has 1 aliphatic heterocycles. The maximum atomic E-state index is 6.03. The fourth-order valence-electron chi connectivity index (χ4n) is 2.36. The SMILES string of the molecule is ClCC1(CC2CCCS2)CCC1. The minimum Gasteiger partial charge on any atom is -0.159 e. The second kappa shape index (κ2) is 3.79. The van der Waals surface area contributed by atoms with Crippen LogP contribution in [0.15, 0.2) is 0 Å². The molecule has 1 saturated heterocycles. The zero-order chi connectivity index (χ0) is 8.44. The molecule has 1 saturated carbocycles. The van der Waals surface area contributed by atoms with Gasteiger partial charge in [-0.15, -0.1) is 11.6 Å². The number of rotatable bonds is 3. The Morgan fingerprint density at radius 2 is 2.17 bits per heavy atom. The first-order chi connectivity index (χ1) is 5.85. The van der Waals surface area contributed by atoms with E-state index < -0.39 is 0 Å². The van der Waals surface area contributed by atoms with Crippen LogP contribution in [0, 0.1) is 5.41 Å². The number of alkyl halides is 1. The van der Waals surface area contributed by atoms with Gasteiger partial charge in [0, 0.05) is 11.1 Å². The molecule has 0 amide bonds. The van der Waals surface area contributed by atoms with E-state index in [0.717, 1.165) is 11.1 Å². The Labute approximate surface area is 84.4 Å². The van der Waals surface area contributed by atoms with E-state index in [2.05, 4.69) is 11.8 Å². The highest BCUT2D eigenvalue weighted by molar-refractivity contribution is 8.00. The van der Waals surface area contributed by atoms with Crippen LogP contribution in [0.1, 0.15) is 38.5 Å². The van der Waals surface area contributed by atoms with E-state index >= 15 is 0 Å². The lowest BCUT2D eigenvalue weighted by atomic mass is 9.67. The van der Waals surface area contributed by atoms with Crippen molar-refractivity contribution in [3.05, 3.63) is 0 Å². The second-order valence-corrected chi connectivity index (χ2v) is 6.00. The predicted octanol–water partition coefficient (Wildman–Crippen LogP) is 3.68. The number of hydrogen-bond acceptors (Lipinski definition) is 1. The van der Waals surface area contributed by atoms with Gasteiger partial charge in [0.05, 0.1) is 0 Å². The Hall–Kier alpha value is 0.640. The third kappa shape index (κ3) is 1.77. The molecule has 1 heterocycles. The number of halogens is 1. The summed E-state index contributed by atoms with van der Waals surface area (Å²) in [5, 5.41) is 0.948. The Morgan fingerprint density at radius 3 is 2.58 bits per heavy atom. The zero-order valence-electron chi connectivity index (χ0n) is 7.52. The molecular weight excluding hydrogens is 188 g/mol. The molecule has 1 unspecified atom stereocenters. The molecule has 2 aliphatic rings. The first-order valence-electron chi connectivity index (χ1n) is 5.02. The number of thioether (sulfide) groups is 1. The summed E-state index contributed by atoms with van der Waals surface area (Å²) in [6, 6.07) is 0. The van der Waals surface area contributed by atoms with Crippen molar-refractivity contribution in [3.8, 4) is 0 Å². The van der Waals surface area contributed by atoms with E-state index in [1.54, 1.807) is 0 Å². The van der Waals surface area contributed by atoms with Gasteiger partial charge in [0.2, 0.25) is 0 Å². The van der Waals surface area contributed by atoms with Crippen molar-refractivity contribution < 1.29 is 0 Å². The van der Waals surface area contributed by atoms with Crippen LogP contribution in [0.25, 0.3) is 0 Å². The van der Waals surface area contributed by atoms with Gasteiger partial charge in [0.1, 0.15) is 0 Å². The standard InChI is InChI=1S/C10H17ClS/c11-8-10(4-2-5-10)7-9-3-1-6-12-9/h9H,1-8H2. The van der Waals surface area contributed by atoms with Crippen molar-refractivity contribution in [3.63, 3.8) is 0 Å². The molecule has 70 valence electrons. The molecule has 0 spiro atoms. The van der Waals surface area contributed by atoms with Crippen LogP contribution in [0.4, 0.5) is 0 Å². The molecule has 1 atom stereocenters. The Kier molecular flexibility index (Phi) is 2.91. The first-order valence-corrected chi connectivity index (χ1v) is 6.61. The summed E-state index contributed by atoms with van der Waals surface area (Å²) >= 11 is 8.20. The van der Waals surface area contributed by atoms with Crippen LogP contribution in [-0.2, 0) is 0 Å². The summed E-state index contributed by atoms with van der Waals surface area (Å²) in [7, 11) is 0. The van der Waals surface area contributed by atoms with Crippen LogP contribution in [0.2, 0.25) is 0 Å². The van der Waals surface area contributed by atoms with Crippen LogP contribution in [0.3, 0.4) is 0 Å². The van der Waals surface area contributed by atoms with E-state index in [-0.39, 0.29) is 0 Å². The van der Waals surface area contributed by atoms with Gasteiger partial charge in [-0.3, -0.25) is 0 Å². The molecule has 1 aliphatic carbocycles. The summed E-state index contributed by atoms with van der Waals surface area (Å²) in [4.78, 5) is 0. The molecule has 0 radical (unpaired) electrons. The molecule has 2 heteroatoms. The van der Waals surface area contributed by atoms with Gasteiger partial charge in [-0.05, 0) is 43.3 Å². The summed E-state index contributed by atoms with van der Waals surface area (Å²) in [6.45, 7) is 0.